The van der Waals surface area contributed by atoms with Gasteiger partial charge in [-0.2, -0.15) is 0 Å². The van der Waals surface area contributed by atoms with Crippen LogP contribution in [-0.2, 0) is 20.7 Å². The zero-order valence-corrected chi connectivity index (χ0v) is 21.3. The Hall–Kier alpha value is -4.13. The number of fused-ring (bicyclic) bond motifs is 5. The Kier molecular flexibility index (Phi) is 4.54. The van der Waals surface area contributed by atoms with Gasteiger partial charge in [-0.05, 0) is 65.3 Å². The maximum Gasteiger partial charge on any atom is 0.225 e. The highest BCUT2D eigenvalue weighted by Crippen LogP contribution is 2.47. The quantitative estimate of drug-likeness (QED) is 0.438. The normalized spacial score (nSPS) is 22.7. The summed E-state index contributed by atoms with van der Waals surface area (Å²) in [6.45, 7) is 13.1. The first-order chi connectivity index (χ1) is 17.3. The van der Waals surface area contributed by atoms with Crippen LogP contribution >= 0.6 is 0 Å². The Morgan fingerprint density at radius 2 is 1.70 bits per heavy atom. The molecular weight excluding hydrogens is 472 g/mol. The molecule has 2 aliphatic carbocycles. The molecule has 6 rings (SSSR count). The van der Waals surface area contributed by atoms with E-state index >= 15 is 0 Å². The lowest BCUT2D eigenvalue weighted by Gasteiger charge is -2.36. The van der Waals surface area contributed by atoms with Gasteiger partial charge in [0.15, 0.2) is 16.8 Å². The van der Waals surface area contributed by atoms with Gasteiger partial charge in [0.2, 0.25) is 11.6 Å². The van der Waals surface area contributed by atoms with Crippen molar-refractivity contribution < 1.29 is 28.6 Å². The molecule has 4 aliphatic rings. The fourth-order valence-electron chi connectivity index (χ4n) is 5.45. The van der Waals surface area contributed by atoms with Gasteiger partial charge >= 0.3 is 0 Å². The molecular formula is C30H26O7. The minimum absolute atomic E-state index is 0.00248. The van der Waals surface area contributed by atoms with Crippen LogP contribution in [-0.4, -0.2) is 27.9 Å². The minimum atomic E-state index is -0.752. The number of ketones is 2. The fraction of sp³-hybridized carbons (Fsp3) is 0.300. The van der Waals surface area contributed by atoms with Crippen molar-refractivity contribution >= 4 is 34.2 Å². The zero-order chi connectivity index (χ0) is 26.6. The molecule has 3 heterocycles. The number of carbonyl (C=O) groups excluding carboxylic acids is 2. The molecule has 1 aromatic carbocycles. The van der Waals surface area contributed by atoms with Crippen molar-refractivity contribution in [2.45, 2.75) is 52.2 Å². The van der Waals surface area contributed by atoms with E-state index in [4.69, 9.17) is 13.9 Å². The average Bonchev–Trinajstić information content (AvgIpc) is 2.80. The van der Waals surface area contributed by atoms with E-state index in [-0.39, 0.29) is 56.9 Å². The molecule has 188 valence electrons. The Morgan fingerprint density at radius 3 is 2.41 bits per heavy atom. The SMILES string of the molecule is C=C(C)[C@@H]1Cc2c(oc3c4c(cc(O)c3c2=O)OC(C)(C)C=C4)C2=C1C(=O)C1=C(C=CC(C)(C)O1)C2=O. The number of hydrogen-bond donors (Lipinski definition) is 1. The Labute approximate surface area is 213 Å². The Morgan fingerprint density at radius 1 is 1.03 bits per heavy atom. The summed E-state index contributed by atoms with van der Waals surface area (Å²) in [5.41, 5.74) is -0.00701. The van der Waals surface area contributed by atoms with Gasteiger partial charge in [-0.1, -0.05) is 12.2 Å². The maximum atomic E-state index is 13.9. The van der Waals surface area contributed by atoms with Crippen molar-refractivity contribution in [3.05, 3.63) is 80.5 Å². The van der Waals surface area contributed by atoms with Gasteiger partial charge in [0.25, 0.3) is 0 Å². The largest absolute Gasteiger partial charge is 0.507 e. The van der Waals surface area contributed by atoms with Crippen molar-refractivity contribution in [2.75, 3.05) is 0 Å². The van der Waals surface area contributed by atoms with Gasteiger partial charge in [-0.3, -0.25) is 14.4 Å². The van der Waals surface area contributed by atoms with Crippen LogP contribution in [0.25, 0.3) is 22.6 Å². The van der Waals surface area contributed by atoms with E-state index in [0.29, 0.717) is 16.9 Å². The van der Waals surface area contributed by atoms with E-state index in [2.05, 4.69) is 6.58 Å². The molecule has 0 radical (unpaired) electrons. The number of allylic oxidation sites excluding steroid dienone is 5. The second-order valence-corrected chi connectivity index (χ2v) is 11.1. The second-order valence-electron chi connectivity index (χ2n) is 11.1. The average molecular weight is 499 g/mol. The second kappa shape index (κ2) is 7.22. The van der Waals surface area contributed by atoms with Crippen LogP contribution < -0.4 is 10.2 Å². The molecule has 37 heavy (non-hydrogen) atoms. The molecule has 1 atom stereocenters. The third-order valence-corrected chi connectivity index (χ3v) is 7.30. The molecule has 1 N–H and O–H groups in total. The van der Waals surface area contributed by atoms with E-state index in [1.165, 1.54) is 6.07 Å². The monoisotopic (exact) mass is 498 g/mol. The lowest BCUT2D eigenvalue weighted by molar-refractivity contribution is -0.120. The van der Waals surface area contributed by atoms with E-state index in [1.807, 2.05) is 19.9 Å². The molecule has 0 saturated carbocycles. The molecule has 0 unspecified atom stereocenters. The molecule has 2 aromatic rings. The van der Waals surface area contributed by atoms with Gasteiger partial charge < -0.3 is 19.0 Å². The Balaban J connectivity index is 1.67. The number of hydrogen-bond acceptors (Lipinski definition) is 7. The predicted molar refractivity (Wildman–Crippen MR) is 138 cm³/mol. The number of carbonyl (C=O) groups is 2. The van der Waals surface area contributed by atoms with Gasteiger partial charge in [0.05, 0.1) is 16.7 Å². The summed E-state index contributed by atoms with van der Waals surface area (Å²) in [7, 11) is 0. The molecule has 0 bridgehead atoms. The highest BCUT2D eigenvalue weighted by molar-refractivity contribution is 6.40. The smallest absolute Gasteiger partial charge is 0.225 e. The van der Waals surface area contributed by atoms with Crippen molar-refractivity contribution in [2.24, 2.45) is 5.92 Å². The Bertz CT molecular complexity index is 1680. The minimum Gasteiger partial charge on any atom is -0.507 e. The van der Waals surface area contributed by atoms with Crippen LogP contribution in [0.15, 0.2) is 62.6 Å². The summed E-state index contributed by atoms with van der Waals surface area (Å²) in [5.74, 6) is -1.33. The lowest BCUT2D eigenvalue weighted by Crippen LogP contribution is -2.38. The van der Waals surface area contributed by atoms with Crippen LogP contribution in [0.5, 0.6) is 11.5 Å². The zero-order valence-electron chi connectivity index (χ0n) is 21.3. The van der Waals surface area contributed by atoms with Crippen molar-refractivity contribution in [1.29, 1.82) is 0 Å². The number of ether oxygens (including phenoxy) is 2. The number of benzene rings is 1. The predicted octanol–water partition coefficient (Wildman–Crippen LogP) is 4.96. The van der Waals surface area contributed by atoms with Crippen molar-refractivity contribution in [1.82, 2.24) is 0 Å². The van der Waals surface area contributed by atoms with Crippen LogP contribution in [0.3, 0.4) is 0 Å². The summed E-state index contributed by atoms with van der Waals surface area (Å²) in [6.07, 6.45) is 7.03. The van der Waals surface area contributed by atoms with Crippen molar-refractivity contribution in [3.63, 3.8) is 0 Å². The summed E-state index contributed by atoms with van der Waals surface area (Å²) < 4.78 is 18.2. The molecule has 1 aromatic heterocycles. The standard InChI is InChI=1S/C30H26O7/c1-13(2)16-11-17-24(33)21-18(31)12-19-14(7-9-29(3,4)36-19)26(21)35-27(17)22-20(16)25(34)28-15(23(22)32)8-10-30(5,6)37-28/h7-10,12,16,31H,1,11H2,2-6H3/t16-/m0/s1. The summed E-state index contributed by atoms with van der Waals surface area (Å²) in [6, 6.07) is 1.41. The van der Waals surface area contributed by atoms with Gasteiger partial charge in [-0.25, -0.2) is 0 Å². The molecule has 2 aliphatic heterocycles. The number of Topliss-reactive ketones (excluding diaryl/α,β-unsaturated/α-hetero) is 2. The maximum absolute atomic E-state index is 13.9. The third kappa shape index (κ3) is 3.23. The number of aromatic hydroxyl groups is 1. The first-order valence-electron chi connectivity index (χ1n) is 12.2. The number of rotatable bonds is 1. The van der Waals surface area contributed by atoms with Crippen LogP contribution in [0, 0.1) is 5.92 Å². The van der Waals surface area contributed by atoms with Gasteiger partial charge in [-0.15, -0.1) is 0 Å². The highest BCUT2D eigenvalue weighted by Gasteiger charge is 2.47. The summed E-state index contributed by atoms with van der Waals surface area (Å²) in [4.78, 5) is 41.5. The van der Waals surface area contributed by atoms with E-state index < -0.39 is 34.1 Å². The van der Waals surface area contributed by atoms with Crippen LogP contribution in [0.1, 0.15) is 51.5 Å². The third-order valence-electron chi connectivity index (χ3n) is 7.30. The molecule has 7 nitrogen and oxygen atoms in total. The molecule has 7 heteroatoms. The van der Waals surface area contributed by atoms with E-state index in [9.17, 15) is 19.5 Å². The first-order valence-corrected chi connectivity index (χ1v) is 12.2. The molecule has 0 fully saturated rings. The summed E-state index contributed by atoms with van der Waals surface area (Å²) >= 11 is 0. The number of phenolic OH excluding ortho intramolecular Hbond substituents is 1. The molecule has 0 amide bonds. The number of phenols is 1. The van der Waals surface area contributed by atoms with Crippen LogP contribution in [0.2, 0.25) is 0 Å². The van der Waals surface area contributed by atoms with Crippen molar-refractivity contribution in [3.8, 4) is 11.5 Å². The van der Waals surface area contributed by atoms with Gasteiger partial charge in [0, 0.05) is 23.1 Å². The molecule has 0 spiro atoms. The molecule has 0 saturated heterocycles. The fourth-order valence-corrected chi connectivity index (χ4v) is 5.45. The first kappa shape index (κ1) is 23.3. The van der Waals surface area contributed by atoms with E-state index in [1.54, 1.807) is 39.0 Å². The summed E-state index contributed by atoms with van der Waals surface area (Å²) in [5, 5.41) is 10.8. The highest BCUT2D eigenvalue weighted by atomic mass is 16.5. The van der Waals surface area contributed by atoms with E-state index in [0.717, 1.165) is 0 Å². The topological polar surface area (TPSA) is 103 Å². The van der Waals surface area contributed by atoms with Gasteiger partial charge in [0.1, 0.15) is 33.8 Å². The lowest BCUT2D eigenvalue weighted by atomic mass is 9.71. The van der Waals surface area contributed by atoms with Crippen LogP contribution in [0.4, 0.5) is 0 Å².